The smallest absolute Gasteiger partial charge is 0.212 e. The van der Waals surface area contributed by atoms with Crippen LogP contribution in [-0.4, -0.2) is 25.5 Å². The lowest BCUT2D eigenvalue weighted by Crippen LogP contribution is -2.42. The van der Waals surface area contributed by atoms with Crippen LogP contribution in [0.3, 0.4) is 0 Å². The first-order chi connectivity index (χ1) is 8.18. The Morgan fingerprint density at radius 1 is 1.33 bits per heavy atom. The third-order valence-corrected chi connectivity index (χ3v) is 4.86. The lowest BCUT2D eigenvalue weighted by atomic mass is 10.1. The molecule has 0 radical (unpaired) electrons. The molecule has 0 bridgehead atoms. The predicted molar refractivity (Wildman–Crippen MR) is 78.3 cm³/mol. The fraction of sp³-hybridized carbons (Fsp3) is 0.500. The average Bonchev–Trinajstić information content (AvgIpc) is 2.13. The monoisotopic (exact) mass is 288 g/mol. The summed E-state index contributed by atoms with van der Waals surface area (Å²) in [6.45, 7) is 5.49. The standard InChI is InChI=1S/C12H20N2O2S2/c1-12(2,3)14-18(15,16)8-7-17-11-6-4-5-10(13)9-11/h4-6,9,14H,7-8,13H2,1-3H3. The Morgan fingerprint density at radius 3 is 2.56 bits per heavy atom. The molecule has 0 saturated carbocycles. The van der Waals surface area contributed by atoms with Gasteiger partial charge in [-0.25, -0.2) is 13.1 Å². The highest BCUT2D eigenvalue weighted by Crippen LogP contribution is 2.20. The van der Waals surface area contributed by atoms with Gasteiger partial charge >= 0.3 is 0 Å². The van der Waals surface area contributed by atoms with Crippen molar-refractivity contribution in [3.8, 4) is 0 Å². The van der Waals surface area contributed by atoms with Crippen molar-refractivity contribution in [3.63, 3.8) is 0 Å². The van der Waals surface area contributed by atoms with E-state index in [0.29, 0.717) is 11.4 Å². The van der Waals surface area contributed by atoms with E-state index in [4.69, 9.17) is 5.73 Å². The first-order valence-electron chi connectivity index (χ1n) is 5.68. The lowest BCUT2D eigenvalue weighted by Gasteiger charge is -2.20. The van der Waals surface area contributed by atoms with Crippen molar-refractivity contribution < 1.29 is 8.42 Å². The summed E-state index contributed by atoms with van der Waals surface area (Å²) in [6, 6.07) is 7.43. The summed E-state index contributed by atoms with van der Waals surface area (Å²) in [7, 11) is -3.22. The maximum atomic E-state index is 11.8. The van der Waals surface area contributed by atoms with E-state index >= 15 is 0 Å². The van der Waals surface area contributed by atoms with Gasteiger partial charge in [0.15, 0.2) is 0 Å². The second-order valence-corrected chi connectivity index (χ2v) is 8.10. The van der Waals surface area contributed by atoms with Gasteiger partial charge in [0.2, 0.25) is 10.0 Å². The van der Waals surface area contributed by atoms with Gasteiger partial charge in [0.1, 0.15) is 0 Å². The van der Waals surface area contributed by atoms with E-state index in [1.807, 2.05) is 45.0 Å². The normalized spacial score (nSPS) is 12.6. The fourth-order valence-corrected chi connectivity index (χ4v) is 4.27. The van der Waals surface area contributed by atoms with Gasteiger partial charge in [-0.15, -0.1) is 11.8 Å². The molecule has 1 rings (SSSR count). The van der Waals surface area contributed by atoms with Crippen LogP contribution in [0.25, 0.3) is 0 Å². The molecule has 0 amide bonds. The topological polar surface area (TPSA) is 72.2 Å². The quantitative estimate of drug-likeness (QED) is 0.643. The van der Waals surface area contributed by atoms with Gasteiger partial charge in [-0.1, -0.05) is 6.07 Å². The molecule has 0 spiro atoms. The number of hydrogen-bond acceptors (Lipinski definition) is 4. The third kappa shape index (κ3) is 6.28. The maximum absolute atomic E-state index is 11.8. The highest BCUT2D eigenvalue weighted by Gasteiger charge is 2.19. The van der Waals surface area contributed by atoms with Crippen LogP contribution >= 0.6 is 11.8 Å². The minimum absolute atomic E-state index is 0.101. The molecule has 1 aromatic carbocycles. The number of rotatable bonds is 5. The zero-order valence-electron chi connectivity index (χ0n) is 10.9. The molecule has 0 aliphatic carbocycles. The van der Waals surface area contributed by atoms with Crippen LogP contribution < -0.4 is 10.5 Å². The van der Waals surface area contributed by atoms with E-state index in [0.717, 1.165) is 4.90 Å². The maximum Gasteiger partial charge on any atom is 0.212 e. The SMILES string of the molecule is CC(C)(C)NS(=O)(=O)CCSc1cccc(N)c1. The molecule has 0 aromatic heterocycles. The molecular formula is C12H20N2O2S2. The molecule has 6 heteroatoms. The Bertz CT molecular complexity index is 493. The molecule has 4 nitrogen and oxygen atoms in total. The zero-order chi connectivity index (χ0) is 13.8. The van der Waals surface area contributed by atoms with Crippen LogP contribution in [0.2, 0.25) is 0 Å². The number of hydrogen-bond donors (Lipinski definition) is 2. The van der Waals surface area contributed by atoms with Crippen molar-refractivity contribution >= 4 is 27.5 Å². The van der Waals surface area contributed by atoms with E-state index in [-0.39, 0.29) is 5.75 Å². The lowest BCUT2D eigenvalue weighted by molar-refractivity contribution is 0.492. The number of thioether (sulfide) groups is 1. The molecule has 0 fully saturated rings. The van der Waals surface area contributed by atoms with Crippen molar-refractivity contribution in [1.29, 1.82) is 0 Å². The van der Waals surface area contributed by atoms with Gasteiger partial charge in [-0.2, -0.15) is 0 Å². The van der Waals surface area contributed by atoms with Crippen molar-refractivity contribution in [1.82, 2.24) is 4.72 Å². The number of nitrogen functional groups attached to an aromatic ring is 1. The first kappa shape index (κ1) is 15.3. The predicted octanol–water partition coefficient (Wildman–Crippen LogP) is 2.08. The largest absolute Gasteiger partial charge is 0.399 e. The van der Waals surface area contributed by atoms with Crippen molar-refractivity contribution in [2.45, 2.75) is 31.2 Å². The van der Waals surface area contributed by atoms with Gasteiger partial charge < -0.3 is 5.73 Å². The Balaban J connectivity index is 2.47. The Labute approximate surface area is 113 Å². The van der Waals surface area contributed by atoms with Crippen molar-refractivity contribution in [2.24, 2.45) is 0 Å². The Hall–Kier alpha value is -0.720. The number of anilines is 1. The van der Waals surface area contributed by atoms with E-state index in [1.54, 1.807) is 0 Å². The first-order valence-corrected chi connectivity index (χ1v) is 8.32. The van der Waals surface area contributed by atoms with Crippen LogP contribution in [0, 0.1) is 0 Å². The summed E-state index contributed by atoms with van der Waals surface area (Å²) in [5.41, 5.74) is 5.92. The number of nitrogens with two attached hydrogens (primary N) is 1. The molecule has 0 unspecified atom stereocenters. The second kappa shape index (κ2) is 5.95. The van der Waals surface area contributed by atoms with E-state index < -0.39 is 15.6 Å². The highest BCUT2D eigenvalue weighted by molar-refractivity contribution is 8.00. The van der Waals surface area contributed by atoms with E-state index in [2.05, 4.69) is 4.72 Å². The highest BCUT2D eigenvalue weighted by atomic mass is 32.2. The molecule has 0 aliphatic heterocycles. The third-order valence-electron chi connectivity index (χ3n) is 1.94. The number of sulfonamides is 1. The van der Waals surface area contributed by atoms with Crippen molar-refractivity contribution in [2.75, 3.05) is 17.2 Å². The van der Waals surface area contributed by atoms with Gasteiger partial charge in [0.05, 0.1) is 5.75 Å². The van der Waals surface area contributed by atoms with Crippen LogP contribution in [-0.2, 0) is 10.0 Å². The molecule has 1 aromatic rings. The summed E-state index contributed by atoms with van der Waals surface area (Å²) in [6.07, 6.45) is 0. The zero-order valence-corrected chi connectivity index (χ0v) is 12.6. The van der Waals surface area contributed by atoms with Crippen LogP contribution in [0.5, 0.6) is 0 Å². The van der Waals surface area contributed by atoms with Gasteiger partial charge in [-0.3, -0.25) is 0 Å². The molecule has 102 valence electrons. The van der Waals surface area contributed by atoms with Gasteiger partial charge in [0, 0.05) is 21.9 Å². The molecule has 0 heterocycles. The number of benzene rings is 1. The molecule has 0 atom stereocenters. The molecular weight excluding hydrogens is 268 g/mol. The summed E-state index contributed by atoms with van der Waals surface area (Å²) in [5, 5.41) is 0. The number of nitrogens with one attached hydrogen (secondary N) is 1. The van der Waals surface area contributed by atoms with Crippen LogP contribution in [0.1, 0.15) is 20.8 Å². The molecule has 0 saturated heterocycles. The summed E-state index contributed by atoms with van der Waals surface area (Å²) in [5.74, 6) is 0.610. The van der Waals surface area contributed by atoms with Gasteiger partial charge in [-0.05, 0) is 39.0 Å². The molecule has 0 aliphatic rings. The molecule has 18 heavy (non-hydrogen) atoms. The summed E-state index contributed by atoms with van der Waals surface area (Å²) in [4.78, 5) is 0.987. The average molecular weight is 288 g/mol. The van der Waals surface area contributed by atoms with E-state index in [1.165, 1.54) is 11.8 Å². The molecule has 3 N–H and O–H groups in total. The summed E-state index contributed by atoms with van der Waals surface area (Å²) < 4.78 is 26.1. The fourth-order valence-electron chi connectivity index (χ4n) is 1.39. The summed E-state index contributed by atoms with van der Waals surface area (Å²) >= 11 is 1.49. The van der Waals surface area contributed by atoms with E-state index in [9.17, 15) is 8.42 Å². The van der Waals surface area contributed by atoms with Gasteiger partial charge in [0.25, 0.3) is 0 Å². The minimum Gasteiger partial charge on any atom is -0.399 e. The Morgan fingerprint density at radius 2 is 2.00 bits per heavy atom. The van der Waals surface area contributed by atoms with Crippen LogP contribution in [0.15, 0.2) is 29.2 Å². The Kier molecular flexibility index (Phi) is 5.07. The van der Waals surface area contributed by atoms with Crippen molar-refractivity contribution in [3.05, 3.63) is 24.3 Å². The minimum atomic E-state index is -3.22. The second-order valence-electron chi connectivity index (χ2n) is 5.09. The van der Waals surface area contributed by atoms with Crippen LogP contribution in [0.4, 0.5) is 5.69 Å².